The van der Waals surface area contributed by atoms with Crippen LogP contribution in [0.25, 0.3) is 0 Å². The van der Waals surface area contributed by atoms with E-state index in [0.717, 1.165) is 16.8 Å². The number of carbonyl (C=O) groups is 1. The van der Waals surface area contributed by atoms with E-state index in [1.807, 2.05) is 29.1 Å². The van der Waals surface area contributed by atoms with Crippen LogP contribution in [0, 0.1) is 0 Å². The number of para-hydroxylation sites is 1. The number of thioether (sulfide) groups is 1. The fourth-order valence-electron chi connectivity index (χ4n) is 3.13. The van der Waals surface area contributed by atoms with Crippen LogP contribution in [0.4, 0.5) is 16.2 Å². The third kappa shape index (κ3) is 5.64. The number of hydrogen-bond acceptors (Lipinski definition) is 3. The zero-order valence-electron chi connectivity index (χ0n) is 17.3. The summed E-state index contributed by atoms with van der Waals surface area (Å²) in [6, 6.07) is 16.1. The van der Waals surface area contributed by atoms with Gasteiger partial charge in [0.25, 0.3) is 0 Å². The van der Waals surface area contributed by atoms with Gasteiger partial charge in [-0.15, -0.1) is 11.8 Å². The van der Waals surface area contributed by atoms with E-state index in [9.17, 15) is 4.79 Å². The molecule has 0 aliphatic rings. The second kappa shape index (κ2) is 9.65. The van der Waals surface area contributed by atoms with E-state index in [0.29, 0.717) is 23.4 Å². The minimum Gasteiger partial charge on any atom is -0.307 e. The van der Waals surface area contributed by atoms with Gasteiger partial charge in [0, 0.05) is 16.8 Å². The van der Waals surface area contributed by atoms with E-state index in [2.05, 4.69) is 73.8 Å². The zero-order chi connectivity index (χ0) is 20.8. The van der Waals surface area contributed by atoms with Crippen molar-refractivity contribution >= 4 is 29.2 Å². The molecule has 0 atom stereocenters. The lowest BCUT2D eigenvalue weighted by atomic mass is 9.93. The van der Waals surface area contributed by atoms with Crippen molar-refractivity contribution in [3.8, 4) is 0 Å². The second-order valence-electron chi connectivity index (χ2n) is 7.55. The number of rotatable bonds is 7. The highest BCUT2D eigenvalue weighted by Gasteiger charge is 2.16. The lowest BCUT2D eigenvalue weighted by molar-refractivity contribution is 0.262. The third-order valence-corrected chi connectivity index (χ3v) is 5.61. The number of amides is 2. The van der Waals surface area contributed by atoms with Crippen molar-refractivity contribution in [1.29, 1.82) is 0 Å². The molecule has 1 heterocycles. The van der Waals surface area contributed by atoms with Gasteiger partial charge >= 0.3 is 6.03 Å². The fourth-order valence-corrected chi connectivity index (χ4v) is 3.90. The summed E-state index contributed by atoms with van der Waals surface area (Å²) in [4.78, 5) is 13.8. The van der Waals surface area contributed by atoms with Crippen molar-refractivity contribution in [1.82, 2.24) is 9.78 Å². The first-order chi connectivity index (χ1) is 13.9. The Kier molecular flexibility index (Phi) is 6.99. The molecule has 0 spiro atoms. The maximum Gasteiger partial charge on any atom is 0.323 e. The number of hydrogen-bond donors (Lipinski definition) is 2. The van der Waals surface area contributed by atoms with Crippen LogP contribution in [-0.4, -0.2) is 15.8 Å². The SMILES string of the molecule is CC(C)c1cccc(C(C)C)c1NC(=O)Nc1cnn(CSc2ccccc2)c1. The Morgan fingerprint density at radius 3 is 2.24 bits per heavy atom. The highest BCUT2D eigenvalue weighted by atomic mass is 32.2. The van der Waals surface area contributed by atoms with Crippen LogP contribution in [0.3, 0.4) is 0 Å². The summed E-state index contributed by atoms with van der Waals surface area (Å²) in [7, 11) is 0. The third-order valence-electron chi connectivity index (χ3n) is 4.61. The van der Waals surface area contributed by atoms with E-state index >= 15 is 0 Å². The molecular formula is C23H28N4OS. The van der Waals surface area contributed by atoms with Crippen LogP contribution in [0.15, 0.2) is 65.8 Å². The molecule has 5 nitrogen and oxygen atoms in total. The van der Waals surface area contributed by atoms with Crippen molar-refractivity contribution in [2.75, 3.05) is 10.6 Å². The van der Waals surface area contributed by atoms with Crippen LogP contribution in [0.5, 0.6) is 0 Å². The van der Waals surface area contributed by atoms with Gasteiger partial charge in [-0.25, -0.2) is 4.79 Å². The van der Waals surface area contributed by atoms with Gasteiger partial charge in [0.05, 0.1) is 17.8 Å². The molecule has 3 rings (SSSR count). The van der Waals surface area contributed by atoms with Gasteiger partial charge < -0.3 is 10.6 Å². The van der Waals surface area contributed by atoms with Gasteiger partial charge in [-0.05, 0) is 35.1 Å². The Balaban J connectivity index is 1.65. The minimum absolute atomic E-state index is 0.254. The first-order valence-corrected chi connectivity index (χ1v) is 10.8. The van der Waals surface area contributed by atoms with Crippen molar-refractivity contribution in [2.24, 2.45) is 0 Å². The number of urea groups is 1. The Bertz CT molecular complexity index is 924. The maximum atomic E-state index is 12.7. The quantitative estimate of drug-likeness (QED) is 0.437. The van der Waals surface area contributed by atoms with Crippen molar-refractivity contribution < 1.29 is 4.79 Å². The molecule has 3 aromatic rings. The molecule has 6 heteroatoms. The predicted octanol–water partition coefficient (Wildman–Crippen LogP) is 6.52. The van der Waals surface area contributed by atoms with E-state index in [1.54, 1.807) is 18.0 Å². The number of nitrogens with zero attached hydrogens (tertiary/aromatic N) is 2. The molecule has 2 aromatic carbocycles. The van der Waals surface area contributed by atoms with E-state index in [-0.39, 0.29) is 6.03 Å². The first-order valence-electron chi connectivity index (χ1n) is 9.85. The van der Waals surface area contributed by atoms with Gasteiger partial charge in [-0.2, -0.15) is 5.10 Å². The topological polar surface area (TPSA) is 59.0 Å². The molecular weight excluding hydrogens is 380 g/mol. The Morgan fingerprint density at radius 2 is 1.62 bits per heavy atom. The first kappa shape index (κ1) is 21.0. The predicted molar refractivity (Wildman–Crippen MR) is 122 cm³/mol. The Labute approximate surface area is 176 Å². The van der Waals surface area contributed by atoms with Gasteiger partial charge in [0.1, 0.15) is 0 Å². The van der Waals surface area contributed by atoms with Crippen LogP contribution < -0.4 is 10.6 Å². The van der Waals surface area contributed by atoms with Crippen LogP contribution in [0.2, 0.25) is 0 Å². The molecule has 152 valence electrons. The zero-order valence-corrected chi connectivity index (χ0v) is 18.2. The lowest BCUT2D eigenvalue weighted by Crippen LogP contribution is -2.21. The van der Waals surface area contributed by atoms with Crippen LogP contribution >= 0.6 is 11.8 Å². The average molecular weight is 409 g/mol. The number of nitrogens with one attached hydrogen (secondary N) is 2. The van der Waals surface area contributed by atoms with Crippen molar-refractivity contribution in [2.45, 2.75) is 50.3 Å². The summed E-state index contributed by atoms with van der Waals surface area (Å²) in [6.07, 6.45) is 3.51. The highest BCUT2D eigenvalue weighted by Crippen LogP contribution is 2.32. The fraction of sp³-hybridized carbons (Fsp3) is 0.304. The molecule has 2 amide bonds. The summed E-state index contributed by atoms with van der Waals surface area (Å²) in [5, 5.41) is 10.3. The number of aromatic nitrogens is 2. The van der Waals surface area contributed by atoms with Gasteiger partial charge in [-0.1, -0.05) is 64.1 Å². The molecule has 0 radical (unpaired) electrons. The van der Waals surface area contributed by atoms with Gasteiger partial charge in [-0.3, -0.25) is 4.68 Å². The molecule has 0 saturated carbocycles. The monoisotopic (exact) mass is 408 g/mol. The molecule has 0 fully saturated rings. The molecule has 29 heavy (non-hydrogen) atoms. The molecule has 0 aliphatic heterocycles. The second-order valence-corrected chi connectivity index (χ2v) is 8.57. The van der Waals surface area contributed by atoms with Crippen LogP contribution in [0.1, 0.15) is 50.7 Å². The van der Waals surface area contributed by atoms with E-state index in [1.165, 1.54) is 4.90 Å². The molecule has 0 saturated heterocycles. The maximum absolute atomic E-state index is 12.7. The largest absolute Gasteiger partial charge is 0.323 e. The molecule has 0 bridgehead atoms. The highest BCUT2D eigenvalue weighted by molar-refractivity contribution is 7.98. The normalized spacial score (nSPS) is 11.1. The summed E-state index contributed by atoms with van der Waals surface area (Å²) in [5.74, 6) is 1.32. The van der Waals surface area contributed by atoms with Crippen LogP contribution in [-0.2, 0) is 5.88 Å². The Morgan fingerprint density at radius 1 is 0.966 bits per heavy atom. The van der Waals surface area contributed by atoms with E-state index in [4.69, 9.17) is 0 Å². The molecule has 1 aromatic heterocycles. The van der Waals surface area contributed by atoms with Gasteiger partial charge in [0.15, 0.2) is 0 Å². The molecule has 0 aliphatic carbocycles. The molecule has 2 N–H and O–H groups in total. The summed E-state index contributed by atoms with van der Waals surface area (Å²) in [6.45, 7) is 8.54. The van der Waals surface area contributed by atoms with Gasteiger partial charge in [0.2, 0.25) is 0 Å². The number of benzene rings is 2. The Hall–Kier alpha value is -2.73. The summed E-state index contributed by atoms with van der Waals surface area (Å²) < 4.78 is 1.81. The summed E-state index contributed by atoms with van der Waals surface area (Å²) in [5.41, 5.74) is 3.86. The molecule has 0 unspecified atom stereocenters. The van der Waals surface area contributed by atoms with Crippen molar-refractivity contribution in [3.63, 3.8) is 0 Å². The summed E-state index contributed by atoms with van der Waals surface area (Å²) >= 11 is 1.69. The number of anilines is 2. The van der Waals surface area contributed by atoms with E-state index < -0.39 is 0 Å². The smallest absolute Gasteiger partial charge is 0.307 e. The average Bonchev–Trinajstić information content (AvgIpc) is 3.14. The standard InChI is InChI=1S/C23H28N4OS/c1-16(2)20-11-8-12-21(17(3)4)22(20)26-23(28)25-18-13-24-27(14-18)15-29-19-9-6-5-7-10-19/h5-14,16-17H,15H2,1-4H3,(H2,25,26,28). The minimum atomic E-state index is -0.254. The lowest BCUT2D eigenvalue weighted by Gasteiger charge is -2.20. The number of carbonyl (C=O) groups excluding carboxylic acids is 1. The van der Waals surface area contributed by atoms with Crippen molar-refractivity contribution in [3.05, 3.63) is 72.1 Å².